The summed E-state index contributed by atoms with van der Waals surface area (Å²) in [6.07, 6.45) is 20.7. The predicted octanol–water partition coefficient (Wildman–Crippen LogP) is 6.38. The van der Waals surface area contributed by atoms with Gasteiger partial charge in [0.15, 0.2) is 0 Å². The monoisotopic (exact) mass is 369 g/mol. The highest BCUT2D eigenvalue weighted by molar-refractivity contribution is 5.76. The average molecular weight is 370 g/mol. The Morgan fingerprint density at radius 2 is 1.12 bits per heavy atom. The maximum atomic E-state index is 11.8. The molecule has 0 fully saturated rings. The van der Waals surface area contributed by atoms with Crippen LogP contribution in [0.5, 0.6) is 0 Å². The Morgan fingerprint density at radius 3 is 1.46 bits per heavy atom. The first kappa shape index (κ1) is 25.4. The van der Waals surface area contributed by atoms with Gasteiger partial charge >= 0.3 is 0 Å². The molecule has 0 radical (unpaired) electrons. The van der Waals surface area contributed by atoms with E-state index in [0.717, 1.165) is 12.8 Å². The smallest absolute Gasteiger partial charge is 0.220 e. The molecule has 3 heteroatoms. The van der Waals surface area contributed by atoms with Crippen molar-refractivity contribution < 1.29 is 9.90 Å². The van der Waals surface area contributed by atoms with Gasteiger partial charge in [0.25, 0.3) is 0 Å². The van der Waals surface area contributed by atoms with Gasteiger partial charge in [0.2, 0.25) is 5.91 Å². The molecular formula is C23H47NO2. The number of hydrogen-bond donors (Lipinski definition) is 2. The molecular weight excluding hydrogens is 322 g/mol. The van der Waals surface area contributed by atoms with Crippen molar-refractivity contribution in [2.24, 2.45) is 5.92 Å². The van der Waals surface area contributed by atoms with Crippen molar-refractivity contribution in [3.63, 3.8) is 0 Å². The number of unbranched alkanes of at least 4 members (excludes halogenated alkanes) is 14. The Balaban J connectivity index is 3.25. The molecule has 2 N–H and O–H groups in total. The van der Waals surface area contributed by atoms with Gasteiger partial charge in [0.05, 0.1) is 12.6 Å². The Bertz CT molecular complexity index is 305. The van der Waals surface area contributed by atoms with Gasteiger partial charge < -0.3 is 10.4 Å². The molecule has 26 heavy (non-hydrogen) atoms. The summed E-state index contributed by atoms with van der Waals surface area (Å²) in [5, 5.41) is 12.2. The summed E-state index contributed by atoms with van der Waals surface area (Å²) in [5.41, 5.74) is 0. The van der Waals surface area contributed by atoms with Crippen molar-refractivity contribution in [2.45, 2.75) is 130 Å². The number of aliphatic hydroxyl groups excluding tert-OH is 1. The first-order valence-corrected chi connectivity index (χ1v) is 11.5. The molecule has 0 aliphatic rings. The lowest BCUT2D eigenvalue weighted by Gasteiger charge is -2.19. The second kappa shape index (κ2) is 19.2. The first-order chi connectivity index (χ1) is 12.6. The number of carbonyl (C=O) groups is 1. The maximum absolute atomic E-state index is 11.8. The molecule has 0 spiro atoms. The van der Waals surface area contributed by atoms with Crippen molar-refractivity contribution in [1.29, 1.82) is 0 Å². The van der Waals surface area contributed by atoms with E-state index >= 15 is 0 Å². The summed E-state index contributed by atoms with van der Waals surface area (Å²) in [4.78, 5) is 11.8. The molecule has 0 saturated heterocycles. The Hall–Kier alpha value is -0.570. The molecule has 0 saturated carbocycles. The normalized spacial score (nSPS) is 12.5. The van der Waals surface area contributed by atoms with Crippen molar-refractivity contribution in [3.05, 3.63) is 0 Å². The molecule has 1 atom stereocenters. The van der Waals surface area contributed by atoms with E-state index in [1.54, 1.807) is 0 Å². The highest BCUT2D eigenvalue weighted by Gasteiger charge is 2.14. The summed E-state index contributed by atoms with van der Waals surface area (Å²) in [6, 6.07) is -0.0983. The molecule has 0 aromatic heterocycles. The molecule has 3 nitrogen and oxygen atoms in total. The van der Waals surface area contributed by atoms with Crippen LogP contribution in [-0.4, -0.2) is 23.7 Å². The van der Waals surface area contributed by atoms with Gasteiger partial charge in [-0.25, -0.2) is 0 Å². The van der Waals surface area contributed by atoms with E-state index in [4.69, 9.17) is 0 Å². The van der Waals surface area contributed by atoms with Gasteiger partial charge in [-0.1, -0.05) is 111 Å². The lowest BCUT2D eigenvalue weighted by atomic mass is 10.0. The lowest BCUT2D eigenvalue weighted by Crippen LogP contribution is -2.41. The topological polar surface area (TPSA) is 49.3 Å². The van der Waals surface area contributed by atoms with Crippen molar-refractivity contribution in [1.82, 2.24) is 5.32 Å². The second-order valence-electron chi connectivity index (χ2n) is 8.30. The molecule has 0 aliphatic heterocycles. The van der Waals surface area contributed by atoms with Crippen LogP contribution in [0, 0.1) is 5.92 Å². The SMILES string of the molecule is CCCCCCCCCCCCCCCCCC(=O)NC(CO)C(C)C. The summed E-state index contributed by atoms with van der Waals surface area (Å²) in [6.45, 7) is 6.35. The predicted molar refractivity (Wildman–Crippen MR) is 113 cm³/mol. The van der Waals surface area contributed by atoms with Crippen molar-refractivity contribution in [3.8, 4) is 0 Å². The zero-order valence-electron chi connectivity index (χ0n) is 18.0. The van der Waals surface area contributed by atoms with Crippen LogP contribution >= 0.6 is 0 Å². The fraction of sp³-hybridized carbons (Fsp3) is 0.957. The lowest BCUT2D eigenvalue weighted by molar-refractivity contribution is -0.122. The number of nitrogens with one attached hydrogen (secondary N) is 1. The van der Waals surface area contributed by atoms with E-state index in [2.05, 4.69) is 12.2 Å². The van der Waals surface area contributed by atoms with Crippen LogP contribution in [0.3, 0.4) is 0 Å². The molecule has 0 bridgehead atoms. The Kier molecular flexibility index (Phi) is 18.8. The van der Waals surface area contributed by atoms with E-state index < -0.39 is 0 Å². The summed E-state index contributed by atoms with van der Waals surface area (Å²) >= 11 is 0. The van der Waals surface area contributed by atoms with E-state index in [1.807, 2.05) is 13.8 Å². The minimum Gasteiger partial charge on any atom is -0.394 e. The van der Waals surface area contributed by atoms with Crippen LogP contribution in [0.2, 0.25) is 0 Å². The highest BCUT2D eigenvalue weighted by atomic mass is 16.3. The zero-order valence-corrected chi connectivity index (χ0v) is 18.0. The van der Waals surface area contributed by atoms with E-state index in [1.165, 1.54) is 83.5 Å². The van der Waals surface area contributed by atoms with E-state index in [9.17, 15) is 9.90 Å². The Morgan fingerprint density at radius 1 is 0.731 bits per heavy atom. The quantitative estimate of drug-likeness (QED) is 0.259. The number of amides is 1. The van der Waals surface area contributed by atoms with Crippen LogP contribution in [-0.2, 0) is 4.79 Å². The molecule has 0 aromatic carbocycles. The molecule has 1 amide bonds. The molecule has 156 valence electrons. The second-order valence-corrected chi connectivity index (χ2v) is 8.30. The van der Waals surface area contributed by atoms with Gasteiger partial charge in [-0.05, 0) is 12.3 Å². The fourth-order valence-electron chi connectivity index (χ4n) is 3.36. The van der Waals surface area contributed by atoms with Crippen molar-refractivity contribution >= 4 is 5.91 Å². The molecule has 0 heterocycles. The Labute approximate surface area is 163 Å². The van der Waals surface area contributed by atoms with Gasteiger partial charge in [0.1, 0.15) is 0 Å². The van der Waals surface area contributed by atoms with Gasteiger partial charge in [-0.3, -0.25) is 4.79 Å². The van der Waals surface area contributed by atoms with Crippen LogP contribution in [0.25, 0.3) is 0 Å². The van der Waals surface area contributed by atoms with Crippen LogP contribution in [0.4, 0.5) is 0 Å². The van der Waals surface area contributed by atoms with Crippen molar-refractivity contribution in [2.75, 3.05) is 6.61 Å². The highest BCUT2D eigenvalue weighted by Crippen LogP contribution is 2.13. The van der Waals surface area contributed by atoms with Gasteiger partial charge in [-0.2, -0.15) is 0 Å². The number of rotatable bonds is 19. The van der Waals surface area contributed by atoms with Crippen LogP contribution in [0.15, 0.2) is 0 Å². The van der Waals surface area contributed by atoms with E-state index in [-0.39, 0.29) is 24.5 Å². The number of hydrogen-bond acceptors (Lipinski definition) is 2. The summed E-state index contributed by atoms with van der Waals surface area (Å²) < 4.78 is 0. The summed E-state index contributed by atoms with van der Waals surface area (Å²) in [7, 11) is 0. The number of carbonyl (C=O) groups excluding carboxylic acids is 1. The number of aliphatic hydroxyl groups is 1. The molecule has 0 aromatic rings. The average Bonchev–Trinajstić information content (AvgIpc) is 2.62. The molecule has 1 unspecified atom stereocenters. The standard InChI is InChI=1S/C23H47NO2/c1-4-5-6-7-8-9-10-11-12-13-14-15-16-17-18-19-23(26)24-22(20-25)21(2)3/h21-22,25H,4-20H2,1-3H3,(H,24,26). The first-order valence-electron chi connectivity index (χ1n) is 11.5. The summed E-state index contributed by atoms with van der Waals surface area (Å²) in [5.74, 6) is 0.373. The molecule has 0 aliphatic carbocycles. The largest absolute Gasteiger partial charge is 0.394 e. The van der Waals surface area contributed by atoms with Gasteiger partial charge in [-0.15, -0.1) is 0 Å². The van der Waals surface area contributed by atoms with Gasteiger partial charge in [0, 0.05) is 6.42 Å². The third kappa shape index (κ3) is 16.9. The third-order valence-corrected chi connectivity index (χ3v) is 5.36. The third-order valence-electron chi connectivity index (χ3n) is 5.36. The minimum atomic E-state index is -0.0983. The zero-order chi connectivity index (χ0) is 19.5. The van der Waals surface area contributed by atoms with Crippen LogP contribution < -0.4 is 5.32 Å². The minimum absolute atomic E-state index is 0.0300. The fourth-order valence-corrected chi connectivity index (χ4v) is 3.36. The molecule has 0 rings (SSSR count). The van der Waals surface area contributed by atoms with Crippen LogP contribution in [0.1, 0.15) is 124 Å². The maximum Gasteiger partial charge on any atom is 0.220 e. The van der Waals surface area contributed by atoms with E-state index in [0.29, 0.717) is 6.42 Å².